The Morgan fingerprint density at radius 1 is 1.18 bits per heavy atom. The third-order valence-corrected chi connectivity index (χ3v) is 6.44. The Kier molecular flexibility index (Phi) is 6.84. The number of hydrogen-bond donors (Lipinski definition) is 2. The fraction of sp³-hybridized carbons (Fsp3) is 0.370. The second-order valence-electron chi connectivity index (χ2n) is 9.34. The molecular formula is C27H31N3O4. The van der Waals surface area contributed by atoms with E-state index < -0.39 is 11.9 Å². The molecule has 2 N–H and O–H groups in total. The van der Waals surface area contributed by atoms with Gasteiger partial charge in [0.25, 0.3) is 5.91 Å². The number of likely N-dealkylation sites (tertiary alicyclic amines) is 1. The molecule has 3 aromatic rings. The quantitative estimate of drug-likeness (QED) is 0.405. The number of nitrogens with one attached hydrogen (secondary N) is 1. The minimum Gasteiger partial charge on any atom is -0.489 e. The number of aryl methyl sites for hydroxylation is 2. The molecule has 1 aromatic heterocycles. The van der Waals surface area contributed by atoms with E-state index in [-0.39, 0.29) is 17.7 Å². The number of carbonyl (C=O) groups excluding carboxylic acids is 2. The molecule has 4 rings (SSSR count). The topological polar surface area (TPSA) is 91.8 Å². The van der Waals surface area contributed by atoms with Gasteiger partial charge in [-0.05, 0) is 62.1 Å². The molecule has 1 saturated heterocycles. The monoisotopic (exact) mass is 461 g/mol. The average molecular weight is 462 g/mol. The molecule has 2 unspecified atom stereocenters. The van der Waals surface area contributed by atoms with Crippen molar-refractivity contribution in [2.45, 2.75) is 52.7 Å². The number of ether oxygens (including phenoxy) is 1. The molecule has 2 atom stereocenters. The summed E-state index contributed by atoms with van der Waals surface area (Å²) in [5.41, 5.74) is 6.76. The smallest absolute Gasteiger partial charge is 0.266 e. The Labute approximate surface area is 199 Å². The van der Waals surface area contributed by atoms with Crippen molar-refractivity contribution in [3.63, 3.8) is 0 Å². The lowest BCUT2D eigenvalue weighted by molar-refractivity contribution is -0.144. The Hall–Kier alpha value is -3.45. The van der Waals surface area contributed by atoms with Crippen molar-refractivity contribution >= 4 is 22.7 Å². The number of benzene rings is 2. The number of hydroxylamine groups is 1. The van der Waals surface area contributed by atoms with Gasteiger partial charge in [0, 0.05) is 23.2 Å². The molecule has 2 heterocycles. The summed E-state index contributed by atoms with van der Waals surface area (Å²) >= 11 is 0. The second kappa shape index (κ2) is 9.81. The van der Waals surface area contributed by atoms with E-state index in [9.17, 15) is 9.59 Å². The number of fused-ring (bicyclic) bond motifs is 1. The Balaban J connectivity index is 1.46. The zero-order valence-electron chi connectivity index (χ0n) is 20.0. The Morgan fingerprint density at radius 3 is 2.59 bits per heavy atom. The number of hydrogen-bond acceptors (Lipinski definition) is 5. The van der Waals surface area contributed by atoms with E-state index in [1.54, 1.807) is 10.4 Å². The van der Waals surface area contributed by atoms with Crippen LogP contribution in [0.3, 0.4) is 0 Å². The van der Waals surface area contributed by atoms with Crippen molar-refractivity contribution in [1.82, 2.24) is 15.4 Å². The van der Waals surface area contributed by atoms with Gasteiger partial charge in [-0.25, -0.2) is 5.48 Å². The Bertz CT molecular complexity index is 1210. The van der Waals surface area contributed by atoms with Gasteiger partial charge in [-0.1, -0.05) is 37.6 Å². The van der Waals surface area contributed by atoms with Crippen LogP contribution in [-0.4, -0.2) is 39.5 Å². The normalized spacial score (nSPS) is 16.8. The molecule has 0 radical (unpaired) electrons. The Morgan fingerprint density at radius 2 is 1.91 bits per heavy atom. The zero-order valence-corrected chi connectivity index (χ0v) is 20.0. The fourth-order valence-electron chi connectivity index (χ4n) is 4.79. The van der Waals surface area contributed by atoms with Crippen LogP contribution < -0.4 is 10.2 Å². The summed E-state index contributed by atoms with van der Waals surface area (Å²) in [6, 6.07) is 15.2. The zero-order chi connectivity index (χ0) is 24.4. The number of aromatic nitrogens is 1. The molecule has 0 aliphatic carbocycles. The van der Waals surface area contributed by atoms with Crippen molar-refractivity contribution < 1.29 is 19.5 Å². The van der Waals surface area contributed by atoms with Crippen LogP contribution in [-0.2, 0) is 16.2 Å². The van der Waals surface area contributed by atoms with Crippen LogP contribution in [0, 0.1) is 19.8 Å². The predicted octanol–water partition coefficient (Wildman–Crippen LogP) is 4.28. The van der Waals surface area contributed by atoms with Crippen LogP contribution >= 0.6 is 0 Å². The summed E-state index contributed by atoms with van der Waals surface area (Å²) in [6.45, 7) is 8.67. The highest BCUT2D eigenvalue weighted by Crippen LogP contribution is 2.32. The lowest BCUT2D eigenvalue weighted by Crippen LogP contribution is -2.50. The van der Waals surface area contributed by atoms with E-state index in [1.807, 2.05) is 51.1 Å². The minimum absolute atomic E-state index is 0.0925. The minimum atomic E-state index is -0.688. The number of rotatable bonds is 7. The molecule has 1 aliphatic rings. The highest BCUT2D eigenvalue weighted by atomic mass is 16.5. The van der Waals surface area contributed by atoms with Gasteiger partial charge in [0.15, 0.2) is 0 Å². The number of carbonyl (C=O) groups is 2. The molecule has 2 amide bonds. The first-order chi connectivity index (χ1) is 16.3. The van der Waals surface area contributed by atoms with Crippen LogP contribution in [0.5, 0.6) is 5.75 Å². The van der Waals surface area contributed by atoms with E-state index in [0.717, 1.165) is 33.5 Å². The van der Waals surface area contributed by atoms with E-state index >= 15 is 0 Å². The summed E-state index contributed by atoms with van der Waals surface area (Å²) in [7, 11) is 0. The van der Waals surface area contributed by atoms with Gasteiger partial charge in [0.1, 0.15) is 18.4 Å². The SMILES string of the molecule is Cc1ccc2nc(C)cc(COc3ccc(C4CCN(C(C(=O)NO)C(C)C)C4=O)cc3)c2c1. The lowest BCUT2D eigenvalue weighted by Gasteiger charge is -2.29. The maximum atomic E-state index is 13.1. The van der Waals surface area contributed by atoms with Crippen molar-refractivity contribution in [1.29, 1.82) is 0 Å². The number of amides is 2. The number of pyridine rings is 1. The molecule has 0 spiro atoms. The summed E-state index contributed by atoms with van der Waals surface area (Å²) in [5.74, 6) is -0.341. The summed E-state index contributed by atoms with van der Waals surface area (Å²) < 4.78 is 6.07. The van der Waals surface area contributed by atoms with Crippen LogP contribution in [0.1, 0.15) is 48.6 Å². The standard InChI is InChI=1S/C27H31N3O4/c1-16(2)25(26(31)29-33)30-12-11-22(27(30)32)19-6-8-21(9-7-19)34-15-20-14-18(4)28-24-10-5-17(3)13-23(20)24/h5-10,13-14,16,22,25,33H,11-12,15H2,1-4H3,(H,29,31). The number of nitrogens with zero attached hydrogens (tertiary/aromatic N) is 2. The van der Waals surface area contributed by atoms with Gasteiger partial charge in [-0.3, -0.25) is 19.8 Å². The molecular weight excluding hydrogens is 430 g/mol. The molecule has 2 aromatic carbocycles. The second-order valence-corrected chi connectivity index (χ2v) is 9.34. The van der Waals surface area contributed by atoms with Crippen molar-refractivity contribution in [3.05, 3.63) is 70.9 Å². The van der Waals surface area contributed by atoms with E-state index in [0.29, 0.717) is 19.6 Å². The average Bonchev–Trinajstić information content (AvgIpc) is 3.18. The van der Waals surface area contributed by atoms with Crippen LogP contribution in [0.4, 0.5) is 0 Å². The van der Waals surface area contributed by atoms with Crippen LogP contribution in [0.25, 0.3) is 10.9 Å². The van der Waals surface area contributed by atoms with Crippen molar-refractivity contribution in [3.8, 4) is 5.75 Å². The largest absolute Gasteiger partial charge is 0.489 e. The highest BCUT2D eigenvalue weighted by Gasteiger charge is 2.40. The maximum Gasteiger partial charge on any atom is 0.266 e. The molecule has 0 saturated carbocycles. The first-order valence-electron chi connectivity index (χ1n) is 11.6. The van der Waals surface area contributed by atoms with Crippen molar-refractivity contribution in [2.24, 2.45) is 5.92 Å². The summed E-state index contributed by atoms with van der Waals surface area (Å²) in [4.78, 5) is 31.4. The highest BCUT2D eigenvalue weighted by molar-refractivity contribution is 5.92. The van der Waals surface area contributed by atoms with E-state index in [4.69, 9.17) is 9.94 Å². The van der Waals surface area contributed by atoms with Crippen molar-refractivity contribution in [2.75, 3.05) is 6.54 Å². The molecule has 1 aliphatic heterocycles. The molecule has 1 fully saturated rings. The third kappa shape index (κ3) is 4.75. The molecule has 7 nitrogen and oxygen atoms in total. The molecule has 7 heteroatoms. The van der Waals surface area contributed by atoms with Gasteiger partial charge in [0.05, 0.1) is 11.4 Å². The predicted molar refractivity (Wildman–Crippen MR) is 130 cm³/mol. The fourth-order valence-corrected chi connectivity index (χ4v) is 4.79. The van der Waals surface area contributed by atoms with E-state index in [2.05, 4.69) is 30.1 Å². The first kappa shape index (κ1) is 23.7. The van der Waals surface area contributed by atoms with Crippen LogP contribution in [0.15, 0.2) is 48.5 Å². The van der Waals surface area contributed by atoms with Gasteiger partial charge < -0.3 is 9.64 Å². The summed E-state index contributed by atoms with van der Waals surface area (Å²) in [5, 5.41) is 10.2. The first-order valence-corrected chi connectivity index (χ1v) is 11.6. The molecule has 34 heavy (non-hydrogen) atoms. The van der Waals surface area contributed by atoms with Gasteiger partial charge >= 0.3 is 0 Å². The third-order valence-electron chi connectivity index (χ3n) is 6.44. The molecule has 0 bridgehead atoms. The van der Waals surface area contributed by atoms with Gasteiger partial charge in [-0.15, -0.1) is 0 Å². The maximum absolute atomic E-state index is 13.1. The lowest BCUT2D eigenvalue weighted by atomic mass is 9.97. The van der Waals surface area contributed by atoms with Crippen LogP contribution in [0.2, 0.25) is 0 Å². The van der Waals surface area contributed by atoms with E-state index in [1.165, 1.54) is 5.56 Å². The molecule has 178 valence electrons. The van der Waals surface area contributed by atoms with Gasteiger partial charge in [-0.2, -0.15) is 0 Å². The van der Waals surface area contributed by atoms with Gasteiger partial charge in [0.2, 0.25) is 5.91 Å². The summed E-state index contributed by atoms with van der Waals surface area (Å²) in [6.07, 6.45) is 0.628.